The van der Waals surface area contributed by atoms with Gasteiger partial charge >= 0.3 is 12.4 Å². The van der Waals surface area contributed by atoms with Crippen molar-refractivity contribution in [3.8, 4) is 0 Å². The SMILES string of the molecule is O=C(Cc1cc(C(F)(F)F)cc(C(F)(F)F)c1)N1CCCC(CCOS(=O)(=O)c2ccc([N+](=O)[O-])cc2)(c2ccc(Cl)c(Cl)c2)C1. The van der Waals surface area contributed by atoms with Gasteiger partial charge in [-0.1, -0.05) is 29.3 Å². The molecule has 17 heteroatoms. The molecule has 4 rings (SSSR count). The van der Waals surface area contributed by atoms with Crippen LogP contribution in [-0.4, -0.2) is 43.8 Å². The standard InChI is InChI=1S/C29H24Cl2F6N2O6S/c30-24-7-2-19(16-25(24)31)27(9-11-45-46(43,44)23-5-3-22(4-6-23)39(41)42)8-1-10-38(17-27)26(40)14-18-12-20(28(32,33)34)15-21(13-18)29(35,36)37/h2-7,12-13,15-16H,1,8-11,14,17H2. The molecule has 1 unspecified atom stereocenters. The molecule has 46 heavy (non-hydrogen) atoms. The van der Waals surface area contributed by atoms with Gasteiger partial charge in [-0.3, -0.25) is 19.1 Å². The Bertz CT molecular complexity index is 1700. The predicted molar refractivity (Wildman–Crippen MR) is 155 cm³/mol. The number of nitro groups is 1. The van der Waals surface area contributed by atoms with Crippen LogP contribution >= 0.6 is 23.2 Å². The lowest BCUT2D eigenvalue weighted by atomic mass is 9.72. The van der Waals surface area contributed by atoms with Gasteiger partial charge in [0.25, 0.3) is 15.8 Å². The number of rotatable bonds is 9. The fourth-order valence-electron chi connectivity index (χ4n) is 5.31. The lowest BCUT2D eigenvalue weighted by molar-refractivity contribution is -0.384. The van der Waals surface area contributed by atoms with Gasteiger partial charge in [0.1, 0.15) is 0 Å². The minimum absolute atomic E-state index is 0.0112. The number of halogens is 8. The third kappa shape index (κ3) is 8.30. The van der Waals surface area contributed by atoms with Crippen molar-refractivity contribution in [2.24, 2.45) is 0 Å². The van der Waals surface area contributed by atoms with Crippen LogP contribution < -0.4 is 0 Å². The van der Waals surface area contributed by atoms with Crippen LogP contribution in [0.2, 0.25) is 10.0 Å². The van der Waals surface area contributed by atoms with Crippen LogP contribution in [0.4, 0.5) is 32.0 Å². The number of hydrogen-bond acceptors (Lipinski definition) is 6. The lowest BCUT2D eigenvalue weighted by Gasteiger charge is -2.43. The van der Waals surface area contributed by atoms with E-state index in [2.05, 4.69) is 0 Å². The number of nitro benzene ring substituents is 1. The van der Waals surface area contributed by atoms with Gasteiger partial charge in [-0.15, -0.1) is 0 Å². The van der Waals surface area contributed by atoms with Crippen molar-refractivity contribution in [2.75, 3.05) is 19.7 Å². The van der Waals surface area contributed by atoms with Gasteiger partial charge in [0.15, 0.2) is 0 Å². The zero-order valence-electron chi connectivity index (χ0n) is 23.5. The van der Waals surface area contributed by atoms with Gasteiger partial charge in [-0.05, 0) is 72.9 Å². The number of carbonyl (C=O) groups excluding carboxylic acids is 1. The number of alkyl halides is 6. The van der Waals surface area contributed by atoms with E-state index in [0.29, 0.717) is 30.5 Å². The summed E-state index contributed by atoms with van der Waals surface area (Å²) in [5.74, 6) is -0.740. The second-order valence-corrected chi connectivity index (χ2v) is 13.1. The fraction of sp³-hybridized carbons (Fsp3) is 0.345. The number of benzene rings is 3. The van der Waals surface area contributed by atoms with Crippen molar-refractivity contribution in [1.29, 1.82) is 0 Å². The molecule has 3 aromatic rings. The van der Waals surface area contributed by atoms with Crippen LogP contribution in [0.5, 0.6) is 0 Å². The average Bonchev–Trinajstić information content (AvgIpc) is 2.97. The van der Waals surface area contributed by atoms with Gasteiger partial charge in [0, 0.05) is 30.6 Å². The smallest absolute Gasteiger partial charge is 0.342 e. The number of nitrogens with zero attached hydrogens (tertiary/aromatic N) is 2. The van der Waals surface area contributed by atoms with Crippen LogP contribution in [0.1, 0.15) is 41.5 Å². The van der Waals surface area contributed by atoms with Crippen LogP contribution in [0.25, 0.3) is 0 Å². The van der Waals surface area contributed by atoms with Crippen LogP contribution in [0, 0.1) is 10.1 Å². The maximum atomic E-state index is 13.4. The number of non-ortho nitro benzene ring substituents is 1. The van der Waals surface area contributed by atoms with Gasteiger partial charge < -0.3 is 4.90 Å². The molecular weight excluding hydrogens is 689 g/mol. The summed E-state index contributed by atoms with van der Waals surface area (Å²) in [6, 6.07) is 9.66. The van der Waals surface area contributed by atoms with Gasteiger partial charge in [-0.2, -0.15) is 34.8 Å². The van der Waals surface area contributed by atoms with Gasteiger partial charge in [0.2, 0.25) is 5.91 Å². The summed E-state index contributed by atoms with van der Waals surface area (Å²) in [5, 5.41) is 11.3. The predicted octanol–water partition coefficient (Wildman–Crippen LogP) is 7.84. The summed E-state index contributed by atoms with van der Waals surface area (Å²) in [5.41, 5.74) is -4.34. The third-order valence-electron chi connectivity index (χ3n) is 7.62. The van der Waals surface area contributed by atoms with Crippen molar-refractivity contribution < 1.29 is 48.7 Å². The van der Waals surface area contributed by atoms with Crippen LogP contribution in [0.3, 0.4) is 0 Å². The Hall–Kier alpha value is -3.40. The molecule has 1 atom stereocenters. The summed E-state index contributed by atoms with van der Waals surface area (Å²) >= 11 is 12.3. The number of piperidine rings is 1. The first-order chi connectivity index (χ1) is 21.3. The Morgan fingerprint density at radius 3 is 2.09 bits per heavy atom. The molecule has 0 N–H and O–H groups in total. The van der Waals surface area contributed by atoms with Crippen molar-refractivity contribution >= 4 is 44.9 Å². The van der Waals surface area contributed by atoms with Crippen molar-refractivity contribution in [3.05, 3.63) is 103 Å². The summed E-state index contributed by atoms with van der Waals surface area (Å²) in [6.07, 6.45) is -10.2. The van der Waals surface area contributed by atoms with E-state index in [1.165, 1.54) is 17.0 Å². The maximum Gasteiger partial charge on any atom is 0.416 e. The number of likely N-dealkylation sites (tertiary alicyclic amines) is 1. The van der Waals surface area contributed by atoms with Crippen LogP contribution in [-0.2, 0) is 43.3 Å². The molecule has 3 aromatic carbocycles. The average molecular weight is 713 g/mol. The largest absolute Gasteiger partial charge is 0.416 e. The van der Waals surface area contributed by atoms with E-state index in [1.54, 1.807) is 6.07 Å². The summed E-state index contributed by atoms with van der Waals surface area (Å²) < 4.78 is 111. The Morgan fingerprint density at radius 1 is 0.935 bits per heavy atom. The molecule has 1 amide bonds. The minimum Gasteiger partial charge on any atom is -0.342 e. The number of carbonyl (C=O) groups is 1. The molecule has 8 nitrogen and oxygen atoms in total. The first-order valence-electron chi connectivity index (χ1n) is 13.5. The molecule has 1 saturated heterocycles. The highest BCUT2D eigenvalue weighted by Gasteiger charge is 2.40. The monoisotopic (exact) mass is 712 g/mol. The van der Waals surface area contributed by atoms with E-state index < -0.39 is 68.4 Å². The molecule has 0 saturated carbocycles. The summed E-state index contributed by atoms with van der Waals surface area (Å²) in [6.45, 7) is -0.366. The van der Waals surface area contributed by atoms with E-state index in [1.807, 2.05) is 0 Å². The highest BCUT2D eigenvalue weighted by Crippen LogP contribution is 2.41. The van der Waals surface area contributed by atoms with Gasteiger partial charge in [-0.25, -0.2) is 0 Å². The molecule has 0 spiro atoms. The van der Waals surface area contributed by atoms with E-state index >= 15 is 0 Å². The summed E-state index contributed by atoms with van der Waals surface area (Å²) in [7, 11) is -4.36. The molecule has 1 heterocycles. The van der Waals surface area contributed by atoms with Crippen molar-refractivity contribution in [2.45, 2.75) is 48.3 Å². The quantitative estimate of drug-likeness (QED) is 0.0969. The van der Waals surface area contributed by atoms with E-state index in [-0.39, 0.29) is 46.2 Å². The zero-order valence-corrected chi connectivity index (χ0v) is 25.8. The number of amides is 1. The Balaban J connectivity index is 1.59. The molecular formula is C29H24Cl2F6N2O6S. The second-order valence-electron chi connectivity index (χ2n) is 10.7. The second kappa shape index (κ2) is 13.4. The Labute approximate surface area is 269 Å². The van der Waals surface area contributed by atoms with E-state index in [9.17, 15) is 49.7 Å². The first kappa shape index (κ1) is 35.5. The molecule has 0 aliphatic carbocycles. The Morgan fingerprint density at radius 2 is 1.54 bits per heavy atom. The lowest BCUT2D eigenvalue weighted by Crippen LogP contribution is -2.49. The summed E-state index contributed by atoms with van der Waals surface area (Å²) in [4.78, 5) is 24.5. The molecule has 0 radical (unpaired) electrons. The Kier molecular flexibility index (Phi) is 10.3. The topological polar surface area (TPSA) is 107 Å². The first-order valence-corrected chi connectivity index (χ1v) is 15.6. The number of hydrogen-bond donors (Lipinski definition) is 0. The molecule has 1 aliphatic rings. The molecule has 0 bridgehead atoms. The minimum atomic E-state index is -5.08. The highest BCUT2D eigenvalue weighted by molar-refractivity contribution is 7.86. The van der Waals surface area contributed by atoms with E-state index in [0.717, 1.165) is 24.3 Å². The van der Waals surface area contributed by atoms with Crippen molar-refractivity contribution in [3.63, 3.8) is 0 Å². The third-order valence-corrected chi connectivity index (χ3v) is 9.69. The fourth-order valence-corrected chi connectivity index (χ4v) is 6.52. The zero-order chi connectivity index (χ0) is 34.1. The molecule has 0 aromatic heterocycles. The van der Waals surface area contributed by atoms with E-state index in [4.69, 9.17) is 27.4 Å². The van der Waals surface area contributed by atoms with Crippen molar-refractivity contribution in [1.82, 2.24) is 4.90 Å². The van der Waals surface area contributed by atoms with Gasteiger partial charge in [0.05, 0.1) is 44.0 Å². The van der Waals surface area contributed by atoms with Crippen LogP contribution in [0.15, 0.2) is 65.6 Å². The maximum absolute atomic E-state index is 13.4. The molecule has 1 aliphatic heterocycles. The normalized spacial score (nSPS) is 17.6. The molecule has 248 valence electrons. The molecule has 1 fully saturated rings. The highest BCUT2D eigenvalue weighted by atomic mass is 35.5.